The number of nitrogens with two attached hydrogens (primary N) is 1. The summed E-state index contributed by atoms with van der Waals surface area (Å²) in [5.41, 5.74) is 7.64. The van der Waals surface area contributed by atoms with E-state index in [4.69, 9.17) is 10.5 Å². The topological polar surface area (TPSA) is 112 Å². The van der Waals surface area contributed by atoms with E-state index >= 15 is 0 Å². The molecule has 4 aliphatic rings. The van der Waals surface area contributed by atoms with Gasteiger partial charge in [-0.1, -0.05) is 0 Å². The lowest BCUT2D eigenvalue weighted by Gasteiger charge is -2.39. The number of benzene rings is 1. The molecule has 11 heteroatoms. The second-order valence-electron chi connectivity index (χ2n) is 10.9. The van der Waals surface area contributed by atoms with Crippen molar-refractivity contribution in [3.8, 4) is 5.75 Å². The standard InChI is InChI=1S/C26H35FN8O2/c1-33-5-7-35(8-6-33)19-4-3-16-13-21(19)37-10-9-34(2)20-12-15-11-17(20)23(22(15)24(28)36)31-25-18(27)14-29-26(30-16)32-25/h3-4,13-15,17,20,22-23H,5-12H2,1-2H3,(H2,28,36)(H2,29,30,31,32)/t15-,17+,20+,22-,23+/m0/s1. The van der Waals surface area contributed by atoms with Gasteiger partial charge in [0.1, 0.15) is 12.4 Å². The average Bonchev–Trinajstić information content (AvgIpc) is 3.45. The first-order chi connectivity index (χ1) is 17.9. The lowest BCUT2D eigenvalue weighted by Crippen LogP contribution is -2.51. The molecule has 198 valence electrons. The summed E-state index contributed by atoms with van der Waals surface area (Å²) >= 11 is 0. The molecular weight excluding hydrogens is 475 g/mol. The number of hydrogen-bond donors (Lipinski definition) is 3. The number of aromatic nitrogens is 2. The maximum absolute atomic E-state index is 14.8. The normalized spacial score (nSPS) is 30.0. The number of carbonyl (C=O) groups is 1. The number of rotatable bonds is 2. The molecule has 4 N–H and O–H groups in total. The van der Waals surface area contributed by atoms with Gasteiger partial charge < -0.3 is 30.9 Å². The number of hydrogen-bond acceptors (Lipinski definition) is 9. The first kappa shape index (κ1) is 24.2. The van der Waals surface area contributed by atoms with Gasteiger partial charge in [-0.25, -0.2) is 9.37 Å². The van der Waals surface area contributed by atoms with Gasteiger partial charge in [-0.2, -0.15) is 4.98 Å². The maximum Gasteiger partial charge on any atom is 0.229 e. The van der Waals surface area contributed by atoms with Crippen molar-refractivity contribution in [2.45, 2.75) is 24.9 Å². The lowest BCUT2D eigenvalue weighted by atomic mass is 9.80. The molecular formula is C26H35FN8O2. The van der Waals surface area contributed by atoms with Crippen molar-refractivity contribution < 1.29 is 13.9 Å². The van der Waals surface area contributed by atoms with Crippen LogP contribution in [0.25, 0.3) is 0 Å². The minimum atomic E-state index is -0.555. The highest BCUT2D eigenvalue weighted by molar-refractivity contribution is 5.79. The van der Waals surface area contributed by atoms with Gasteiger partial charge in [-0.05, 0) is 50.9 Å². The van der Waals surface area contributed by atoms with Gasteiger partial charge in [0, 0.05) is 56.6 Å². The van der Waals surface area contributed by atoms with Crippen molar-refractivity contribution in [1.82, 2.24) is 19.8 Å². The van der Waals surface area contributed by atoms with Gasteiger partial charge in [0.05, 0.1) is 17.8 Å². The number of carbonyl (C=O) groups excluding carboxylic acids is 1. The van der Waals surface area contributed by atoms with Crippen LogP contribution in [0, 0.1) is 23.6 Å². The summed E-state index contributed by atoms with van der Waals surface area (Å²) in [6, 6.07) is 5.96. The van der Waals surface area contributed by atoms with Crippen LogP contribution in [0.1, 0.15) is 12.8 Å². The van der Waals surface area contributed by atoms with Crippen molar-refractivity contribution in [2.75, 3.05) is 69.0 Å². The number of ether oxygens (including phenoxy) is 1. The van der Waals surface area contributed by atoms with Crippen LogP contribution in [-0.4, -0.2) is 91.2 Å². The Hall–Kier alpha value is -3.18. The molecule has 1 aromatic heterocycles. The molecule has 6 bridgehead atoms. The summed E-state index contributed by atoms with van der Waals surface area (Å²) in [7, 11) is 4.24. The van der Waals surface area contributed by atoms with Crippen LogP contribution >= 0.6 is 0 Å². The van der Waals surface area contributed by atoms with Gasteiger partial charge in [0.25, 0.3) is 0 Å². The summed E-state index contributed by atoms with van der Waals surface area (Å²) in [5.74, 6) is 0.239. The molecule has 0 spiro atoms. The molecule has 2 saturated carbocycles. The van der Waals surface area contributed by atoms with E-state index in [-0.39, 0.29) is 47.5 Å². The summed E-state index contributed by atoms with van der Waals surface area (Å²) in [5, 5.41) is 6.46. The third-order valence-electron chi connectivity index (χ3n) is 8.67. The number of piperazine rings is 1. The molecule has 1 aromatic carbocycles. The van der Waals surface area contributed by atoms with E-state index in [1.807, 2.05) is 12.1 Å². The molecule has 37 heavy (non-hydrogen) atoms. The third kappa shape index (κ3) is 4.54. The fourth-order valence-electron chi connectivity index (χ4n) is 6.74. The predicted molar refractivity (Wildman–Crippen MR) is 140 cm³/mol. The van der Waals surface area contributed by atoms with Crippen LogP contribution in [0.2, 0.25) is 0 Å². The molecule has 5 atom stereocenters. The molecule has 3 heterocycles. The molecule has 2 aliphatic heterocycles. The number of likely N-dealkylation sites (N-methyl/N-ethyl adjacent to an activating group) is 2. The van der Waals surface area contributed by atoms with Gasteiger partial charge in [0.2, 0.25) is 11.9 Å². The monoisotopic (exact) mass is 510 g/mol. The number of halogens is 1. The molecule has 2 aliphatic carbocycles. The number of nitrogens with zero attached hydrogens (tertiary/aromatic N) is 5. The molecule has 10 nitrogen and oxygen atoms in total. The molecule has 6 rings (SSSR count). The molecule has 1 saturated heterocycles. The Kier molecular flexibility index (Phi) is 6.28. The number of nitrogens with one attached hydrogen (secondary N) is 2. The van der Waals surface area contributed by atoms with E-state index in [9.17, 15) is 9.18 Å². The first-order valence-corrected chi connectivity index (χ1v) is 13.1. The van der Waals surface area contributed by atoms with Crippen LogP contribution in [0.3, 0.4) is 0 Å². The quantitative estimate of drug-likeness (QED) is 0.556. The molecule has 2 aromatic rings. The Balaban J connectivity index is 1.34. The third-order valence-corrected chi connectivity index (χ3v) is 8.67. The van der Waals surface area contributed by atoms with Gasteiger partial charge in [0.15, 0.2) is 11.6 Å². The van der Waals surface area contributed by atoms with E-state index in [0.717, 1.165) is 68.9 Å². The SMILES string of the molecule is CN1CCN(c2ccc3cc2OCCN(C)[C@@H]2C[C@@H]4C[C@H]2[C@@H](Nc2nc(ncc2F)N3)[C@H]4C(N)=O)CC1. The van der Waals surface area contributed by atoms with Crippen LogP contribution in [0.15, 0.2) is 24.4 Å². The van der Waals surface area contributed by atoms with Crippen LogP contribution < -0.4 is 26.0 Å². The average molecular weight is 511 g/mol. The second kappa shape index (κ2) is 9.60. The Morgan fingerprint density at radius 2 is 1.97 bits per heavy atom. The Morgan fingerprint density at radius 1 is 1.16 bits per heavy atom. The molecule has 0 radical (unpaired) electrons. The highest BCUT2D eigenvalue weighted by atomic mass is 19.1. The van der Waals surface area contributed by atoms with Gasteiger partial charge >= 0.3 is 0 Å². The molecule has 3 fully saturated rings. The Bertz CT molecular complexity index is 1170. The van der Waals surface area contributed by atoms with Crippen LogP contribution in [0.5, 0.6) is 5.75 Å². The van der Waals surface area contributed by atoms with Crippen molar-refractivity contribution in [3.63, 3.8) is 0 Å². The van der Waals surface area contributed by atoms with Gasteiger partial charge in [-0.15, -0.1) is 0 Å². The largest absolute Gasteiger partial charge is 0.490 e. The lowest BCUT2D eigenvalue weighted by molar-refractivity contribution is -0.123. The zero-order valence-corrected chi connectivity index (χ0v) is 21.4. The second-order valence-corrected chi connectivity index (χ2v) is 10.9. The molecule has 0 unspecified atom stereocenters. The minimum Gasteiger partial charge on any atom is -0.490 e. The highest BCUT2D eigenvalue weighted by Crippen LogP contribution is 2.51. The Labute approximate surface area is 216 Å². The van der Waals surface area contributed by atoms with Crippen LogP contribution in [0.4, 0.5) is 27.5 Å². The number of fused-ring (bicyclic) bond motifs is 5. The van der Waals surface area contributed by atoms with Crippen molar-refractivity contribution in [2.24, 2.45) is 23.5 Å². The van der Waals surface area contributed by atoms with E-state index in [0.29, 0.717) is 6.61 Å². The van der Waals surface area contributed by atoms with Crippen molar-refractivity contribution >= 4 is 29.0 Å². The Morgan fingerprint density at radius 3 is 2.76 bits per heavy atom. The zero-order valence-electron chi connectivity index (χ0n) is 21.4. The number of amides is 1. The van der Waals surface area contributed by atoms with Crippen LogP contribution in [-0.2, 0) is 4.79 Å². The van der Waals surface area contributed by atoms with E-state index in [2.05, 4.69) is 55.5 Å². The summed E-state index contributed by atoms with van der Waals surface area (Å²) in [4.78, 5) is 28.0. The fourth-order valence-corrected chi connectivity index (χ4v) is 6.74. The van der Waals surface area contributed by atoms with Crippen molar-refractivity contribution in [1.29, 1.82) is 0 Å². The molecule has 1 amide bonds. The van der Waals surface area contributed by atoms with Gasteiger partial charge in [-0.3, -0.25) is 9.69 Å². The van der Waals surface area contributed by atoms with E-state index in [1.54, 1.807) is 0 Å². The summed E-state index contributed by atoms with van der Waals surface area (Å²) in [6.45, 7) is 5.14. The predicted octanol–water partition coefficient (Wildman–Crippen LogP) is 1.73. The van der Waals surface area contributed by atoms with E-state index < -0.39 is 5.82 Å². The van der Waals surface area contributed by atoms with E-state index in [1.165, 1.54) is 0 Å². The number of primary amides is 1. The fraction of sp³-hybridized carbons (Fsp3) is 0.577. The maximum atomic E-state index is 14.8. The zero-order chi connectivity index (χ0) is 25.7. The number of anilines is 4. The van der Waals surface area contributed by atoms with Crippen molar-refractivity contribution in [3.05, 3.63) is 30.2 Å². The minimum absolute atomic E-state index is 0.0862. The smallest absolute Gasteiger partial charge is 0.229 e. The highest BCUT2D eigenvalue weighted by Gasteiger charge is 2.56. The summed E-state index contributed by atoms with van der Waals surface area (Å²) < 4.78 is 21.2. The summed E-state index contributed by atoms with van der Waals surface area (Å²) in [6.07, 6.45) is 2.93. The first-order valence-electron chi connectivity index (χ1n) is 13.1.